The van der Waals surface area contributed by atoms with Gasteiger partial charge in [0.05, 0.1) is 11.0 Å². The van der Waals surface area contributed by atoms with Crippen molar-refractivity contribution in [3.63, 3.8) is 0 Å². The van der Waals surface area contributed by atoms with Crippen molar-refractivity contribution in [1.29, 1.82) is 0 Å². The molecule has 0 radical (unpaired) electrons. The molecule has 1 saturated carbocycles. The molecule has 4 nitrogen and oxygen atoms in total. The minimum Gasteiger partial charge on any atom is -0.359 e. The highest BCUT2D eigenvalue weighted by atomic mass is 19.1. The minimum absolute atomic E-state index is 0.249. The molecular formula is C36H37FN4. The molecule has 0 saturated heterocycles. The number of aromatic nitrogens is 3. The van der Waals surface area contributed by atoms with E-state index in [1.54, 1.807) is 12.1 Å². The van der Waals surface area contributed by atoms with Gasteiger partial charge in [0, 0.05) is 27.5 Å². The first-order chi connectivity index (χ1) is 19.9. The molecule has 2 heterocycles. The van der Waals surface area contributed by atoms with E-state index in [4.69, 9.17) is 0 Å². The van der Waals surface area contributed by atoms with Crippen molar-refractivity contribution in [2.45, 2.75) is 39.5 Å². The number of nitrogens with zero attached hydrogens (tertiary/aromatic N) is 1. The Balaban J connectivity index is 1.51. The molecule has 0 spiro atoms. The van der Waals surface area contributed by atoms with E-state index in [1.807, 2.05) is 38.1 Å². The number of nitrogens with one attached hydrogen (secondary N) is 3. The van der Waals surface area contributed by atoms with Gasteiger partial charge in [-0.2, -0.15) is 5.10 Å². The fourth-order valence-electron chi connectivity index (χ4n) is 5.59. The Morgan fingerprint density at radius 3 is 2.51 bits per heavy atom. The third-order valence-electron chi connectivity index (χ3n) is 7.88. The number of hydrogen-bond donors (Lipinski definition) is 3. The lowest BCUT2D eigenvalue weighted by Crippen LogP contribution is -2.23. The van der Waals surface area contributed by atoms with Crippen molar-refractivity contribution in [2.75, 3.05) is 0 Å². The molecule has 2 aromatic carbocycles. The molecule has 2 aromatic heterocycles. The Hall–Kier alpha value is -4.64. The molecule has 0 atom stereocenters. The van der Waals surface area contributed by atoms with Crippen LogP contribution in [0.1, 0.15) is 39.5 Å². The van der Waals surface area contributed by atoms with E-state index in [1.165, 1.54) is 37.8 Å². The lowest BCUT2D eigenvalue weighted by Gasteiger charge is -2.16. The van der Waals surface area contributed by atoms with Crippen LogP contribution in [0.15, 0.2) is 109 Å². The largest absolute Gasteiger partial charge is 0.359 e. The molecule has 1 fully saturated rings. The summed E-state index contributed by atoms with van der Waals surface area (Å²) in [6.45, 7) is 16.7. The molecule has 1 aliphatic rings. The van der Waals surface area contributed by atoms with Crippen molar-refractivity contribution >= 4 is 23.1 Å². The van der Waals surface area contributed by atoms with Gasteiger partial charge in [0.25, 0.3) is 0 Å². The minimum atomic E-state index is -0.249. The second kappa shape index (κ2) is 12.3. The monoisotopic (exact) mass is 544 g/mol. The first-order valence-corrected chi connectivity index (χ1v) is 14.2. The normalized spacial score (nSPS) is 15.6. The SMILES string of the molecule is C=C/C(=C\C(=C/C)C(=C)/C=c1/c(-c2cc3c(-c4ccc(F)cc4)cccc3[nH]2)n[nH]/c1=C/C)NC(=C)C1CCCC1. The van der Waals surface area contributed by atoms with Crippen molar-refractivity contribution in [2.24, 2.45) is 5.92 Å². The number of fused-ring (bicyclic) bond motifs is 1. The van der Waals surface area contributed by atoms with E-state index in [0.29, 0.717) is 5.92 Å². The number of aromatic amines is 2. The topological polar surface area (TPSA) is 56.5 Å². The Morgan fingerprint density at radius 2 is 1.83 bits per heavy atom. The van der Waals surface area contributed by atoms with Crippen LogP contribution in [0.25, 0.3) is 45.6 Å². The summed E-state index contributed by atoms with van der Waals surface area (Å²) >= 11 is 0. The predicted molar refractivity (Wildman–Crippen MR) is 171 cm³/mol. The van der Waals surface area contributed by atoms with Crippen LogP contribution in [0, 0.1) is 11.7 Å². The zero-order valence-corrected chi connectivity index (χ0v) is 23.9. The molecule has 0 unspecified atom stereocenters. The van der Waals surface area contributed by atoms with Crippen LogP contribution in [-0.2, 0) is 0 Å². The number of hydrogen-bond acceptors (Lipinski definition) is 2. The summed E-state index contributed by atoms with van der Waals surface area (Å²) in [5.41, 5.74) is 8.46. The summed E-state index contributed by atoms with van der Waals surface area (Å²) in [4.78, 5) is 3.54. The van der Waals surface area contributed by atoms with Crippen LogP contribution >= 0.6 is 0 Å². The van der Waals surface area contributed by atoms with Gasteiger partial charge in [-0.15, -0.1) is 0 Å². The van der Waals surface area contributed by atoms with Crippen LogP contribution < -0.4 is 15.9 Å². The van der Waals surface area contributed by atoms with Gasteiger partial charge in [-0.1, -0.05) is 69.0 Å². The van der Waals surface area contributed by atoms with Crippen LogP contribution in [0.4, 0.5) is 4.39 Å². The third kappa shape index (κ3) is 5.94. The first-order valence-electron chi connectivity index (χ1n) is 14.2. The summed E-state index contributed by atoms with van der Waals surface area (Å²) in [5, 5.41) is 14.2. The summed E-state index contributed by atoms with van der Waals surface area (Å²) in [6, 6.07) is 14.8. The summed E-state index contributed by atoms with van der Waals surface area (Å²) in [7, 11) is 0. The number of H-pyrrole nitrogens is 2. The van der Waals surface area contributed by atoms with E-state index >= 15 is 0 Å². The summed E-state index contributed by atoms with van der Waals surface area (Å²) in [6.07, 6.45) is 14.9. The predicted octanol–water partition coefficient (Wildman–Crippen LogP) is 7.81. The smallest absolute Gasteiger partial charge is 0.123 e. The molecule has 41 heavy (non-hydrogen) atoms. The van der Waals surface area contributed by atoms with Crippen molar-refractivity contribution in [3.8, 4) is 22.5 Å². The van der Waals surface area contributed by atoms with Crippen LogP contribution in [-0.4, -0.2) is 15.2 Å². The Bertz CT molecular complexity index is 1790. The van der Waals surface area contributed by atoms with E-state index in [0.717, 1.165) is 66.5 Å². The molecule has 4 aromatic rings. The fraction of sp³-hybridized carbons (Fsp3) is 0.194. The van der Waals surface area contributed by atoms with Gasteiger partial charge in [0.1, 0.15) is 11.5 Å². The molecule has 3 N–H and O–H groups in total. The quantitative estimate of drug-likeness (QED) is 0.188. The Kier molecular flexibility index (Phi) is 8.34. The van der Waals surface area contributed by atoms with Crippen molar-refractivity contribution in [3.05, 3.63) is 125 Å². The van der Waals surface area contributed by atoms with Gasteiger partial charge in [-0.25, -0.2) is 4.39 Å². The second-order valence-corrected chi connectivity index (χ2v) is 10.5. The molecule has 5 rings (SSSR count). The maximum atomic E-state index is 13.6. The number of rotatable bonds is 9. The zero-order valence-electron chi connectivity index (χ0n) is 23.9. The molecular weight excluding hydrogens is 507 g/mol. The highest BCUT2D eigenvalue weighted by molar-refractivity contribution is 5.98. The highest BCUT2D eigenvalue weighted by Gasteiger charge is 2.18. The van der Waals surface area contributed by atoms with Gasteiger partial charge in [0.15, 0.2) is 0 Å². The lowest BCUT2D eigenvalue weighted by molar-refractivity contribution is 0.607. The lowest BCUT2D eigenvalue weighted by atomic mass is 10.0. The standard InChI is InChI=1S/C36H37FN4/c1-6-25(21-29(7-2)38-24(5)26-12-9-10-13-26)23(4)20-32-33(8-3)40-41-36(32)35-22-31-30(14-11-15-34(31)39-35)27-16-18-28(37)19-17-27/h6-8,11,14-22,26,38-40H,2,4-5,9-10,12-13H2,1,3H3/b25-6+,29-21+,32-20+,33-8+. The van der Waals surface area contributed by atoms with Gasteiger partial charge in [0.2, 0.25) is 0 Å². The average Bonchev–Trinajstić information content (AvgIpc) is 3.75. The van der Waals surface area contributed by atoms with E-state index in [9.17, 15) is 4.39 Å². The Morgan fingerprint density at radius 1 is 1.07 bits per heavy atom. The zero-order chi connectivity index (χ0) is 28.9. The average molecular weight is 545 g/mol. The van der Waals surface area contributed by atoms with Crippen LogP contribution in [0.5, 0.6) is 0 Å². The maximum Gasteiger partial charge on any atom is 0.123 e. The van der Waals surface area contributed by atoms with E-state index in [2.05, 4.69) is 70.6 Å². The van der Waals surface area contributed by atoms with Gasteiger partial charge in [-0.3, -0.25) is 5.10 Å². The van der Waals surface area contributed by atoms with Gasteiger partial charge >= 0.3 is 0 Å². The van der Waals surface area contributed by atoms with Crippen LogP contribution in [0.2, 0.25) is 0 Å². The molecule has 0 amide bonds. The number of benzene rings is 2. The number of allylic oxidation sites excluding steroid dienone is 6. The Labute approximate surface area is 241 Å². The van der Waals surface area contributed by atoms with E-state index < -0.39 is 0 Å². The molecule has 1 aliphatic carbocycles. The molecule has 0 bridgehead atoms. The first kappa shape index (κ1) is 27.9. The summed E-state index contributed by atoms with van der Waals surface area (Å²) in [5.74, 6) is 0.263. The summed E-state index contributed by atoms with van der Waals surface area (Å²) < 4.78 is 13.6. The molecule has 5 heteroatoms. The fourth-order valence-corrected chi connectivity index (χ4v) is 5.59. The number of halogens is 1. The molecule has 0 aliphatic heterocycles. The molecule has 208 valence electrons. The van der Waals surface area contributed by atoms with Crippen molar-refractivity contribution in [1.82, 2.24) is 20.5 Å². The van der Waals surface area contributed by atoms with Gasteiger partial charge < -0.3 is 10.3 Å². The van der Waals surface area contributed by atoms with Crippen molar-refractivity contribution < 1.29 is 4.39 Å². The third-order valence-corrected chi connectivity index (χ3v) is 7.88. The maximum absolute atomic E-state index is 13.6. The highest BCUT2D eigenvalue weighted by Crippen LogP contribution is 2.32. The second-order valence-electron chi connectivity index (χ2n) is 10.5. The van der Waals surface area contributed by atoms with Crippen LogP contribution in [0.3, 0.4) is 0 Å². The van der Waals surface area contributed by atoms with E-state index in [-0.39, 0.29) is 5.82 Å². The van der Waals surface area contributed by atoms with Gasteiger partial charge in [-0.05, 0) is 97.4 Å².